The average Bonchev–Trinajstić information content (AvgIpc) is 2.14. The van der Waals surface area contributed by atoms with Crippen molar-refractivity contribution >= 4 is 5.69 Å². The number of hydrogen-bond acceptors (Lipinski definition) is 3. The third kappa shape index (κ3) is 4.30. The largest absolute Gasteiger partial charge is 0.378 e. The summed E-state index contributed by atoms with van der Waals surface area (Å²) in [6.07, 6.45) is 1.86. The van der Waals surface area contributed by atoms with Gasteiger partial charge in [0.1, 0.15) is 0 Å². The lowest BCUT2D eigenvalue weighted by atomic mass is 10.1. The normalized spacial score (nSPS) is 11.5. The Morgan fingerprint density at radius 1 is 1.33 bits per heavy atom. The van der Waals surface area contributed by atoms with Crippen LogP contribution in [0.4, 0.5) is 5.69 Å². The van der Waals surface area contributed by atoms with Crippen LogP contribution in [0.3, 0.4) is 0 Å². The first-order chi connectivity index (χ1) is 6.88. The van der Waals surface area contributed by atoms with Crippen molar-refractivity contribution in [3.8, 4) is 0 Å². The number of hydrogen-bond donors (Lipinski definition) is 1. The molecule has 0 aliphatic rings. The van der Waals surface area contributed by atoms with Crippen molar-refractivity contribution in [2.75, 3.05) is 19.0 Å². The fraction of sp³-hybridized carbons (Fsp3) is 0.583. The molecule has 0 saturated heterocycles. The van der Waals surface area contributed by atoms with Crippen LogP contribution >= 0.6 is 0 Å². The minimum absolute atomic E-state index is 0.135. The molecule has 15 heavy (non-hydrogen) atoms. The summed E-state index contributed by atoms with van der Waals surface area (Å²) in [5.41, 5.74) is 2.40. The van der Waals surface area contributed by atoms with Crippen LogP contribution in [0, 0.1) is 0 Å². The molecule has 0 aromatic carbocycles. The fourth-order valence-corrected chi connectivity index (χ4v) is 1.20. The molecule has 0 saturated carbocycles. The molecule has 0 radical (unpaired) electrons. The zero-order valence-corrected chi connectivity index (χ0v) is 10.3. The summed E-state index contributed by atoms with van der Waals surface area (Å²) in [6.45, 7) is 7.28. The number of nitrogens with one attached hydrogen (secondary N) is 1. The highest BCUT2D eigenvalue weighted by molar-refractivity contribution is 5.44. The highest BCUT2D eigenvalue weighted by Gasteiger charge is 2.09. The molecule has 0 spiro atoms. The Labute approximate surface area is 92.5 Å². The van der Waals surface area contributed by atoms with Crippen molar-refractivity contribution in [1.29, 1.82) is 0 Å². The minimum atomic E-state index is 0.135. The van der Waals surface area contributed by atoms with Gasteiger partial charge >= 0.3 is 0 Å². The van der Waals surface area contributed by atoms with Gasteiger partial charge < -0.3 is 10.2 Å². The lowest BCUT2D eigenvalue weighted by molar-refractivity contribution is 0.421. The Balaban J connectivity index is 2.66. The Bertz CT molecular complexity index is 313. The average molecular weight is 207 g/mol. The van der Waals surface area contributed by atoms with E-state index in [-0.39, 0.29) is 5.54 Å². The van der Waals surface area contributed by atoms with Crippen molar-refractivity contribution in [3.63, 3.8) is 0 Å². The van der Waals surface area contributed by atoms with Gasteiger partial charge in [-0.25, -0.2) is 0 Å². The van der Waals surface area contributed by atoms with Crippen LogP contribution in [-0.2, 0) is 6.54 Å². The second-order valence-electron chi connectivity index (χ2n) is 5.00. The monoisotopic (exact) mass is 207 g/mol. The molecule has 3 heteroatoms. The fourth-order valence-electron chi connectivity index (χ4n) is 1.20. The van der Waals surface area contributed by atoms with Gasteiger partial charge in [-0.1, -0.05) is 0 Å². The minimum Gasteiger partial charge on any atom is -0.378 e. The Morgan fingerprint density at radius 3 is 2.53 bits per heavy atom. The van der Waals surface area contributed by atoms with E-state index in [2.05, 4.69) is 42.0 Å². The van der Waals surface area contributed by atoms with E-state index < -0.39 is 0 Å². The number of rotatable bonds is 3. The Morgan fingerprint density at radius 2 is 2.00 bits per heavy atom. The Hall–Kier alpha value is -1.09. The predicted octanol–water partition coefficient (Wildman–Crippen LogP) is 2.04. The topological polar surface area (TPSA) is 28.2 Å². The number of aromatic nitrogens is 1. The molecule has 1 heterocycles. The second kappa shape index (κ2) is 4.62. The maximum absolute atomic E-state index is 4.34. The SMILES string of the molecule is CN(C)c1ccnc(CNC(C)(C)C)c1. The zero-order chi connectivity index (χ0) is 11.5. The van der Waals surface area contributed by atoms with Gasteiger partial charge in [0.2, 0.25) is 0 Å². The summed E-state index contributed by atoms with van der Waals surface area (Å²) < 4.78 is 0. The van der Waals surface area contributed by atoms with Gasteiger partial charge in [-0.05, 0) is 32.9 Å². The molecule has 0 unspecified atom stereocenters. The van der Waals surface area contributed by atoms with Gasteiger partial charge in [-0.2, -0.15) is 0 Å². The molecular weight excluding hydrogens is 186 g/mol. The van der Waals surface area contributed by atoms with E-state index >= 15 is 0 Å². The summed E-state index contributed by atoms with van der Waals surface area (Å²) in [4.78, 5) is 6.42. The summed E-state index contributed by atoms with van der Waals surface area (Å²) >= 11 is 0. The molecule has 0 fully saturated rings. The van der Waals surface area contributed by atoms with Crippen LogP contribution in [0.5, 0.6) is 0 Å². The smallest absolute Gasteiger partial charge is 0.0562 e. The van der Waals surface area contributed by atoms with Crippen LogP contribution in [0.1, 0.15) is 26.5 Å². The van der Waals surface area contributed by atoms with Gasteiger partial charge in [-0.15, -0.1) is 0 Å². The highest BCUT2D eigenvalue weighted by Crippen LogP contribution is 2.11. The summed E-state index contributed by atoms with van der Waals surface area (Å²) in [5, 5.41) is 3.42. The summed E-state index contributed by atoms with van der Waals surface area (Å²) in [6, 6.07) is 4.12. The maximum Gasteiger partial charge on any atom is 0.0562 e. The zero-order valence-electron chi connectivity index (χ0n) is 10.3. The molecule has 0 atom stereocenters. The molecule has 84 valence electrons. The molecule has 1 rings (SSSR count). The third-order valence-corrected chi connectivity index (χ3v) is 2.12. The van der Waals surface area contributed by atoms with Gasteiger partial charge in [0.05, 0.1) is 5.69 Å². The van der Waals surface area contributed by atoms with Crippen LogP contribution in [0.2, 0.25) is 0 Å². The van der Waals surface area contributed by atoms with E-state index in [9.17, 15) is 0 Å². The molecule has 0 bridgehead atoms. The maximum atomic E-state index is 4.34. The van der Waals surface area contributed by atoms with Crippen LogP contribution in [0.15, 0.2) is 18.3 Å². The highest BCUT2D eigenvalue weighted by atomic mass is 15.1. The van der Waals surface area contributed by atoms with E-state index in [4.69, 9.17) is 0 Å². The quantitative estimate of drug-likeness (QED) is 0.822. The van der Waals surface area contributed by atoms with Crippen molar-refractivity contribution in [2.24, 2.45) is 0 Å². The van der Waals surface area contributed by atoms with Crippen molar-refractivity contribution < 1.29 is 0 Å². The van der Waals surface area contributed by atoms with Gasteiger partial charge in [0.25, 0.3) is 0 Å². The van der Waals surface area contributed by atoms with Crippen LogP contribution in [-0.4, -0.2) is 24.6 Å². The van der Waals surface area contributed by atoms with Crippen LogP contribution in [0.25, 0.3) is 0 Å². The lowest BCUT2D eigenvalue weighted by Gasteiger charge is -2.20. The third-order valence-electron chi connectivity index (χ3n) is 2.12. The molecule has 0 aliphatic carbocycles. The van der Waals surface area contributed by atoms with E-state index in [1.165, 1.54) is 5.69 Å². The summed E-state index contributed by atoms with van der Waals surface area (Å²) in [7, 11) is 4.08. The standard InChI is InChI=1S/C12H21N3/c1-12(2,3)14-9-10-8-11(15(4)5)6-7-13-10/h6-8,14H,9H2,1-5H3. The second-order valence-corrected chi connectivity index (χ2v) is 5.00. The van der Waals surface area contributed by atoms with Gasteiger partial charge in [0, 0.05) is 38.1 Å². The van der Waals surface area contributed by atoms with E-state index in [0.29, 0.717) is 0 Å². The molecule has 1 N–H and O–H groups in total. The first-order valence-electron chi connectivity index (χ1n) is 5.26. The number of nitrogens with zero attached hydrogens (tertiary/aromatic N) is 2. The Kier molecular flexibility index (Phi) is 3.69. The summed E-state index contributed by atoms with van der Waals surface area (Å²) in [5.74, 6) is 0. The first kappa shape index (κ1) is 12.0. The number of pyridine rings is 1. The predicted molar refractivity (Wildman–Crippen MR) is 65.2 cm³/mol. The van der Waals surface area contributed by atoms with E-state index in [1.807, 2.05) is 26.4 Å². The van der Waals surface area contributed by atoms with E-state index in [0.717, 1.165) is 12.2 Å². The molecule has 1 aromatic rings. The molecule has 1 aromatic heterocycles. The first-order valence-corrected chi connectivity index (χ1v) is 5.26. The lowest BCUT2D eigenvalue weighted by Crippen LogP contribution is -2.35. The van der Waals surface area contributed by atoms with Crippen molar-refractivity contribution in [1.82, 2.24) is 10.3 Å². The molecular formula is C12H21N3. The van der Waals surface area contributed by atoms with Crippen LogP contribution < -0.4 is 10.2 Å². The molecule has 0 amide bonds. The van der Waals surface area contributed by atoms with E-state index in [1.54, 1.807) is 0 Å². The molecule has 0 aliphatic heterocycles. The van der Waals surface area contributed by atoms with Gasteiger partial charge in [-0.3, -0.25) is 4.98 Å². The van der Waals surface area contributed by atoms with Crippen molar-refractivity contribution in [3.05, 3.63) is 24.0 Å². The van der Waals surface area contributed by atoms with Crippen molar-refractivity contribution in [2.45, 2.75) is 32.9 Å². The van der Waals surface area contributed by atoms with Gasteiger partial charge in [0.15, 0.2) is 0 Å². The molecule has 3 nitrogen and oxygen atoms in total. The number of anilines is 1.